The second kappa shape index (κ2) is 8.35. The Morgan fingerprint density at radius 1 is 0.963 bits per heavy atom. The Bertz CT molecular complexity index is 768. The normalized spacial score (nSPS) is 11.7. The van der Waals surface area contributed by atoms with Gasteiger partial charge in [-0.15, -0.1) is 0 Å². The highest BCUT2D eigenvalue weighted by Gasteiger charge is 2.49. The number of ether oxygens (including phenoxy) is 1. The summed E-state index contributed by atoms with van der Waals surface area (Å²) in [5.41, 5.74) is -0.0413. The highest BCUT2D eigenvalue weighted by atomic mass is 28.3. The fourth-order valence-corrected chi connectivity index (χ4v) is 8.09. The number of rotatable bonds is 7. The number of hydrogen-bond donors (Lipinski definition) is 1. The lowest BCUT2D eigenvalue weighted by Crippen LogP contribution is -2.67. The van der Waals surface area contributed by atoms with Gasteiger partial charge < -0.3 is 9.84 Å². The van der Waals surface area contributed by atoms with Gasteiger partial charge in [-0.25, -0.2) is 4.79 Å². The third-order valence-corrected chi connectivity index (χ3v) is 10.7. The molecule has 142 valence electrons. The zero-order valence-corrected chi connectivity index (χ0v) is 17.1. The highest BCUT2D eigenvalue weighted by Crippen LogP contribution is 2.36. The van der Waals surface area contributed by atoms with E-state index in [1.807, 2.05) is 36.4 Å². The van der Waals surface area contributed by atoms with E-state index in [0.29, 0.717) is 0 Å². The molecule has 0 bridgehead atoms. The predicted octanol–water partition coefficient (Wildman–Crippen LogP) is 3.16. The van der Waals surface area contributed by atoms with Gasteiger partial charge in [0.25, 0.3) is 0 Å². The Kier molecular flexibility index (Phi) is 6.39. The summed E-state index contributed by atoms with van der Waals surface area (Å²) < 4.78 is 5.67. The number of hydrogen-bond acceptors (Lipinski definition) is 3. The van der Waals surface area contributed by atoms with Crippen LogP contribution >= 0.6 is 0 Å². The molecule has 5 heteroatoms. The van der Waals surface area contributed by atoms with Crippen LogP contribution in [-0.2, 0) is 14.3 Å². The summed E-state index contributed by atoms with van der Waals surface area (Å²) in [5, 5.41) is 11.1. The van der Waals surface area contributed by atoms with E-state index < -0.39 is 26.4 Å². The number of carboxylic acid groups (broad SMARTS) is 1. The molecule has 0 unspecified atom stereocenters. The molecule has 4 nitrogen and oxygen atoms in total. The van der Waals surface area contributed by atoms with Crippen LogP contribution in [0.1, 0.15) is 27.2 Å². The van der Waals surface area contributed by atoms with Crippen LogP contribution in [0.4, 0.5) is 0 Å². The lowest BCUT2D eigenvalue weighted by atomic mass is 10.2. The second-order valence-corrected chi connectivity index (χ2v) is 12.4. The first kappa shape index (κ1) is 20.6. The highest BCUT2D eigenvalue weighted by molar-refractivity contribution is 7.04. The lowest BCUT2D eigenvalue weighted by Gasteiger charge is -2.43. The molecule has 2 aromatic carbocycles. The van der Waals surface area contributed by atoms with Crippen LogP contribution in [0.15, 0.2) is 72.8 Å². The van der Waals surface area contributed by atoms with E-state index in [-0.39, 0.29) is 16.8 Å². The fourth-order valence-electron chi connectivity index (χ4n) is 3.39. The molecule has 0 amide bonds. The molecule has 0 saturated carbocycles. The molecule has 2 aromatic rings. The molecule has 0 atom stereocenters. The molecule has 27 heavy (non-hydrogen) atoms. The lowest BCUT2D eigenvalue weighted by molar-refractivity contribution is -0.141. The molecule has 0 aliphatic heterocycles. The van der Waals surface area contributed by atoms with Crippen LogP contribution in [0.5, 0.6) is 0 Å². The summed E-state index contributed by atoms with van der Waals surface area (Å²) >= 11 is 0. The zero-order valence-electron chi connectivity index (χ0n) is 16.1. The van der Waals surface area contributed by atoms with Crippen LogP contribution in [0, 0.1) is 0 Å². The maximum Gasteiger partial charge on any atom is 0.333 e. The molecule has 0 aliphatic rings. The third kappa shape index (κ3) is 4.55. The zero-order chi connectivity index (χ0) is 20.1. The Labute approximate surface area is 161 Å². The molecule has 0 spiro atoms. The van der Waals surface area contributed by atoms with E-state index in [1.54, 1.807) is 0 Å². The largest absolute Gasteiger partial charge is 0.481 e. The van der Waals surface area contributed by atoms with Gasteiger partial charge >= 0.3 is 11.9 Å². The minimum absolute atomic E-state index is 0.0413. The molecular formula is C22H26O4Si. The Balaban J connectivity index is 2.48. The monoisotopic (exact) mass is 382 g/mol. The van der Waals surface area contributed by atoms with E-state index in [2.05, 4.69) is 51.6 Å². The Morgan fingerprint density at radius 2 is 1.41 bits per heavy atom. The van der Waals surface area contributed by atoms with Gasteiger partial charge in [0.05, 0.1) is 12.7 Å². The molecule has 0 aliphatic carbocycles. The first-order valence-electron chi connectivity index (χ1n) is 8.86. The molecule has 0 fully saturated rings. The van der Waals surface area contributed by atoms with Gasteiger partial charge in [-0.05, 0) is 15.4 Å². The van der Waals surface area contributed by atoms with Gasteiger partial charge in [-0.3, -0.25) is 4.79 Å². The molecule has 0 aromatic heterocycles. The van der Waals surface area contributed by atoms with E-state index in [4.69, 9.17) is 9.84 Å². The topological polar surface area (TPSA) is 63.6 Å². The summed E-state index contributed by atoms with van der Waals surface area (Å²) in [5.74, 6) is -1.74. The van der Waals surface area contributed by atoms with Crippen molar-refractivity contribution in [1.82, 2.24) is 0 Å². The molecule has 2 rings (SSSR count). The van der Waals surface area contributed by atoms with Crippen molar-refractivity contribution in [2.75, 3.05) is 6.23 Å². The minimum Gasteiger partial charge on any atom is -0.481 e. The van der Waals surface area contributed by atoms with E-state index in [0.717, 1.165) is 0 Å². The molecule has 0 saturated heterocycles. The van der Waals surface area contributed by atoms with Crippen molar-refractivity contribution in [3.05, 3.63) is 72.8 Å². The molecular weight excluding hydrogens is 356 g/mol. The summed E-state index contributed by atoms with van der Waals surface area (Å²) in [6, 6.07) is 20.3. The quantitative estimate of drug-likeness (QED) is 0.454. The SMILES string of the molecule is C=C(CC(=O)O)C(=O)OC[Si](c1ccccc1)(c1ccccc1)C(C)(C)C. The van der Waals surface area contributed by atoms with E-state index in [9.17, 15) is 9.59 Å². The van der Waals surface area contributed by atoms with Gasteiger partial charge in [0.1, 0.15) is 0 Å². The predicted molar refractivity (Wildman–Crippen MR) is 110 cm³/mol. The Hall–Kier alpha value is -2.66. The van der Waals surface area contributed by atoms with Gasteiger partial charge in [0.2, 0.25) is 0 Å². The average Bonchev–Trinajstić information content (AvgIpc) is 2.62. The van der Waals surface area contributed by atoms with Crippen LogP contribution in [-0.4, -0.2) is 31.3 Å². The van der Waals surface area contributed by atoms with Crippen molar-refractivity contribution < 1.29 is 19.4 Å². The van der Waals surface area contributed by atoms with Crippen molar-refractivity contribution in [3.8, 4) is 0 Å². The average molecular weight is 383 g/mol. The number of carboxylic acids is 1. The van der Waals surface area contributed by atoms with E-state index in [1.165, 1.54) is 10.4 Å². The summed E-state index contributed by atoms with van der Waals surface area (Å²) in [6.45, 7) is 10.1. The summed E-state index contributed by atoms with van der Waals surface area (Å²) in [6.07, 6.45) is -0.193. The number of carbonyl (C=O) groups excluding carboxylic acids is 1. The van der Waals surface area contributed by atoms with Crippen LogP contribution < -0.4 is 10.4 Å². The van der Waals surface area contributed by atoms with Crippen molar-refractivity contribution in [1.29, 1.82) is 0 Å². The summed E-state index contributed by atoms with van der Waals surface area (Å²) in [7, 11) is -2.53. The van der Waals surface area contributed by atoms with Gasteiger partial charge in [0, 0.05) is 5.57 Å². The van der Waals surface area contributed by atoms with Crippen molar-refractivity contribution in [3.63, 3.8) is 0 Å². The number of esters is 1. The molecule has 1 N–H and O–H groups in total. The Morgan fingerprint density at radius 3 is 1.78 bits per heavy atom. The number of aliphatic carboxylic acids is 1. The van der Waals surface area contributed by atoms with Crippen molar-refractivity contribution in [2.24, 2.45) is 0 Å². The minimum atomic E-state index is -2.53. The number of benzene rings is 2. The first-order valence-corrected chi connectivity index (χ1v) is 11.1. The second-order valence-electron chi connectivity index (χ2n) is 7.64. The van der Waals surface area contributed by atoms with Crippen LogP contribution in [0.25, 0.3) is 0 Å². The van der Waals surface area contributed by atoms with Gasteiger partial charge in [-0.1, -0.05) is 88.0 Å². The molecule has 0 heterocycles. The first-order chi connectivity index (χ1) is 12.7. The van der Waals surface area contributed by atoms with Crippen LogP contribution in [0.3, 0.4) is 0 Å². The number of carbonyl (C=O) groups is 2. The smallest absolute Gasteiger partial charge is 0.333 e. The van der Waals surface area contributed by atoms with Crippen molar-refractivity contribution in [2.45, 2.75) is 32.2 Å². The van der Waals surface area contributed by atoms with Crippen molar-refractivity contribution >= 4 is 30.4 Å². The summed E-state index contributed by atoms with van der Waals surface area (Å²) in [4.78, 5) is 23.2. The van der Waals surface area contributed by atoms with Crippen LogP contribution in [0.2, 0.25) is 5.04 Å². The third-order valence-electron chi connectivity index (χ3n) is 4.89. The maximum atomic E-state index is 12.4. The fraction of sp³-hybridized carbons (Fsp3) is 0.273. The standard InChI is InChI=1S/C22H26O4Si/c1-17(15-20(23)24)21(25)26-16-27(22(2,3)4,18-11-7-5-8-12-18)19-13-9-6-10-14-19/h5-14H,1,15-16H2,2-4H3,(H,23,24). The maximum absolute atomic E-state index is 12.4. The molecule has 0 radical (unpaired) electrons. The van der Waals surface area contributed by atoms with Gasteiger partial charge in [0.15, 0.2) is 8.07 Å². The van der Waals surface area contributed by atoms with Gasteiger partial charge in [-0.2, -0.15) is 0 Å². The van der Waals surface area contributed by atoms with E-state index >= 15 is 0 Å².